The molecular weight excluding hydrogens is 228 g/mol. The third-order valence-electron chi connectivity index (χ3n) is 4.34. The highest BCUT2D eigenvalue weighted by molar-refractivity contribution is 5.28. The molecule has 0 heteroatoms. The van der Waals surface area contributed by atoms with Crippen molar-refractivity contribution >= 4 is 0 Å². The van der Waals surface area contributed by atoms with Crippen LogP contribution in [-0.2, 0) is 0 Å². The van der Waals surface area contributed by atoms with Gasteiger partial charge in [0.1, 0.15) is 0 Å². The normalized spacial score (nSPS) is 30.1. The lowest BCUT2D eigenvalue weighted by molar-refractivity contribution is 0.519. The van der Waals surface area contributed by atoms with E-state index in [0.29, 0.717) is 0 Å². The van der Waals surface area contributed by atoms with Gasteiger partial charge in [-0.25, -0.2) is 0 Å². The predicted molar refractivity (Wildman–Crippen MR) is 87.2 cm³/mol. The highest BCUT2D eigenvalue weighted by Crippen LogP contribution is 2.39. The Hall–Kier alpha value is -0.780. The standard InChI is InChI=1S/C17H26.C2H6/c1-12(2)17-6-5-15(11-17)10-16-8-13(3)7-14(4)9-16;1-2/h8-9,13,15,17H,1,5-7,10-11H2,2-4H3;1-2H3. The van der Waals surface area contributed by atoms with E-state index < -0.39 is 0 Å². The summed E-state index contributed by atoms with van der Waals surface area (Å²) in [5, 5.41) is 0. The van der Waals surface area contributed by atoms with E-state index in [1.807, 2.05) is 13.8 Å². The van der Waals surface area contributed by atoms with E-state index in [1.165, 1.54) is 37.7 Å². The third-order valence-corrected chi connectivity index (χ3v) is 4.34. The van der Waals surface area contributed by atoms with Crippen LogP contribution in [0, 0.1) is 17.8 Å². The summed E-state index contributed by atoms with van der Waals surface area (Å²) in [6, 6.07) is 0. The van der Waals surface area contributed by atoms with Crippen molar-refractivity contribution in [2.45, 2.75) is 66.7 Å². The second-order valence-corrected chi connectivity index (χ2v) is 6.34. The van der Waals surface area contributed by atoms with Gasteiger partial charge in [-0.15, -0.1) is 0 Å². The minimum absolute atomic E-state index is 0.744. The van der Waals surface area contributed by atoms with Gasteiger partial charge in [0.2, 0.25) is 0 Å². The van der Waals surface area contributed by atoms with Crippen LogP contribution in [-0.4, -0.2) is 0 Å². The van der Waals surface area contributed by atoms with Gasteiger partial charge in [0.15, 0.2) is 0 Å². The lowest BCUT2D eigenvalue weighted by Crippen LogP contribution is -2.04. The Bertz CT molecular complexity index is 356. The van der Waals surface area contributed by atoms with E-state index in [0.717, 1.165) is 17.8 Å². The SMILES string of the molecule is C=C(C)C1CCC(CC2=CC(C)CC(C)=C2)C1.CC. The first kappa shape index (κ1) is 16.3. The van der Waals surface area contributed by atoms with Gasteiger partial charge >= 0.3 is 0 Å². The molecule has 1 fully saturated rings. The summed E-state index contributed by atoms with van der Waals surface area (Å²) in [6.07, 6.45) is 11.6. The smallest absolute Gasteiger partial charge is 0.0206 e. The zero-order chi connectivity index (χ0) is 14.4. The molecule has 0 aliphatic heterocycles. The Kier molecular flexibility index (Phi) is 6.62. The van der Waals surface area contributed by atoms with Crippen molar-refractivity contribution in [2.75, 3.05) is 0 Å². The molecule has 0 N–H and O–H groups in total. The average molecular weight is 260 g/mol. The molecule has 0 spiro atoms. The second kappa shape index (κ2) is 7.72. The van der Waals surface area contributed by atoms with Crippen molar-refractivity contribution in [3.8, 4) is 0 Å². The molecule has 0 saturated heterocycles. The number of rotatable bonds is 3. The van der Waals surface area contributed by atoms with E-state index in [-0.39, 0.29) is 0 Å². The Morgan fingerprint density at radius 2 is 2.00 bits per heavy atom. The van der Waals surface area contributed by atoms with Gasteiger partial charge in [-0.1, -0.05) is 56.2 Å². The highest BCUT2D eigenvalue weighted by atomic mass is 14.3. The average Bonchev–Trinajstić information content (AvgIpc) is 2.79. The van der Waals surface area contributed by atoms with Gasteiger partial charge in [-0.2, -0.15) is 0 Å². The molecule has 0 nitrogen and oxygen atoms in total. The molecule has 0 radical (unpaired) electrons. The minimum atomic E-state index is 0.744. The molecule has 2 aliphatic carbocycles. The molecule has 3 atom stereocenters. The molecule has 0 aromatic heterocycles. The monoisotopic (exact) mass is 260 g/mol. The van der Waals surface area contributed by atoms with Gasteiger partial charge in [-0.05, 0) is 63.7 Å². The van der Waals surface area contributed by atoms with E-state index in [9.17, 15) is 0 Å². The Morgan fingerprint density at radius 1 is 1.32 bits per heavy atom. The molecule has 2 rings (SSSR count). The van der Waals surface area contributed by atoms with Gasteiger partial charge < -0.3 is 0 Å². The van der Waals surface area contributed by atoms with E-state index >= 15 is 0 Å². The van der Waals surface area contributed by atoms with Gasteiger partial charge in [0, 0.05) is 0 Å². The molecule has 0 heterocycles. The topological polar surface area (TPSA) is 0 Å². The fraction of sp³-hybridized carbons (Fsp3) is 0.684. The Morgan fingerprint density at radius 3 is 2.53 bits per heavy atom. The molecule has 3 unspecified atom stereocenters. The maximum absolute atomic E-state index is 4.12. The molecule has 2 aliphatic rings. The lowest BCUT2D eigenvalue weighted by atomic mass is 9.87. The first-order chi connectivity index (χ1) is 9.04. The second-order valence-electron chi connectivity index (χ2n) is 6.34. The summed E-state index contributed by atoms with van der Waals surface area (Å²) in [5.74, 6) is 2.44. The molecule has 0 aromatic carbocycles. The molecule has 19 heavy (non-hydrogen) atoms. The minimum Gasteiger partial charge on any atom is -0.0999 e. The van der Waals surface area contributed by atoms with Crippen LogP contribution in [0.25, 0.3) is 0 Å². The number of hydrogen-bond donors (Lipinski definition) is 0. The van der Waals surface area contributed by atoms with E-state index in [4.69, 9.17) is 0 Å². The quantitative estimate of drug-likeness (QED) is 0.522. The Labute approximate surface area is 120 Å². The summed E-state index contributed by atoms with van der Waals surface area (Å²) in [5.41, 5.74) is 4.54. The van der Waals surface area contributed by atoms with Crippen LogP contribution in [0.5, 0.6) is 0 Å². The molecule has 108 valence electrons. The fourth-order valence-electron chi connectivity index (χ4n) is 3.52. The van der Waals surface area contributed by atoms with Crippen LogP contribution in [0.1, 0.15) is 66.7 Å². The fourth-order valence-corrected chi connectivity index (χ4v) is 3.52. The summed E-state index contributed by atoms with van der Waals surface area (Å²) in [4.78, 5) is 0. The van der Waals surface area contributed by atoms with Crippen LogP contribution in [0.2, 0.25) is 0 Å². The van der Waals surface area contributed by atoms with E-state index in [1.54, 1.807) is 11.1 Å². The summed E-state index contributed by atoms with van der Waals surface area (Å²) in [7, 11) is 0. The van der Waals surface area contributed by atoms with Gasteiger partial charge in [-0.3, -0.25) is 0 Å². The summed E-state index contributed by atoms with van der Waals surface area (Å²) < 4.78 is 0. The van der Waals surface area contributed by atoms with Crippen LogP contribution < -0.4 is 0 Å². The first-order valence-corrected chi connectivity index (χ1v) is 8.08. The third kappa shape index (κ3) is 5.01. The lowest BCUT2D eigenvalue weighted by Gasteiger charge is -2.19. The van der Waals surface area contributed by atoms with Crippen molar-refractivity contribution < 1.29 is 0 Å². The maximum Gasteiger partial charge on any atom is -0.0206 e. The number of allylic oxidation sites excluding steroid dienone is 5. The molecule has 0 bridgehead atoms. The van der Waals surface area contributed by atoms with E-state index in [2.05, 4.69) is 39.5 Å². The zero-order valence-electron chi connectivity index (χ0n) is 13.6. The predicted octanol–water partition coefficient (Wildman–Crippen LogP) is 6.31. The Balaban J connectivity index is 0.000000861. The molecule has 1 saturated carbocycles. The number of hydrogen-bond acceptors (Lipinski definition) is 0. The van der Waals surface area contributed by atoms with Crippen LogP contribution in [0.4, 0.5) is 0 Å². The zero-order valence-corrected chi connectivity index (χ0v) is 13.6. The van der Waals surface area contributed by atoms with Crippen molar-refractivity contribution in [3.05, 3.63) is 35.5 Å². The summed E-state index contributed by atoms with van der Waals surface area (Å²) >= 11 is 0. The van der Waals surface area contributed by atoms with Crippen LogP contribution in [0.3, 0.4) is 0 Å². The molecule has 0 aromatic rings. The largest absolute Gasteiger partial charge is 0.0999 e. The van der Waals surface area contributed by atoms with Crippen LogP contribution in [0.15, 0.2) is 35.5 Å². The highest BCUT2D eigenvalue weighted by Gasteiger charge is 2.25. The van der Waals surface area contributed by atoms with Crippen LogP contribution >= 0.6 is 0 Å². The molecular formula is C19H32. The van der Waals surface area contributed by atoms with Gasteiger partial charge in [0.25, 0.3) is 0 Å². The van der Waals surface area contributed by atoms with Crippen molar-refractivity contribution in [1.29, 1.82) is 0 Å². The van der Waals surface area contributed by atoms with Crippen molar-refractivity contribution in [1.82, 2.24) is 0 Å². The first-order valence-electron chi connectivity index (χ1n) is 8.08. The van der Waals surface area contributed by atoms with Crippen molar-refractivity contribution in [3.63, 3.8) is 0 Å². The molecule has 0 amide bonds. The van der Waals surface area contributed by atoms with Gasteiger partial charge in [0.05, 0.1) is 0 Å². The van der Waals surface area contributed by atoms with Crippen molar-refractivity contribution in [2.24, 2.45) is 17.8 Å². The maximum atomic E-state index is 4.12. The summed E-state index contributed by atoms with van der Waals surface area (Å²) in [6.45, 7) is 14.9.